The zero-order valence-corrected chi connectivity index (χ0v) is 18.3. The smallest absolute Gasteiger partial charge is 0.234 e. The van der Waals surface area contributed by atoms with Crippen LogP contribution >= 0.6 is 0 Å². The molecular weight excluding hydrogens is 372 g/mol. The second-order valence-corrected chi connectivity index (χ2v) is 10.4. The van der Waals surface area contributed by atoms with Gasteiger partial charge in [0.05, 0.1) is 12.4 Å². The minimum atomic E-state index is -3.37. The molecule has 1 aromatic rings. The number of hydrogen-bond acceptors (Lipinski definition) is 4. The average Bonchev–Trinajstić information content (AvgIpc) is 2.68. The summed E-state index contributed by atoms with van der Waals surface area (Å²) in [7, 11) is -1.86. The quantitative estimate of drug-likeness (QED) is 0.591. The van der Waals surface area contributed by atoms with E-state index in [0.29, 0.717) is 11.7 Å². The number of likely N-dealkylation sites (tertiary alicyclic amines) is 1. The van der Waals surface area contributed by atoms with Crippen molar-refractivity contribution in [3.8, 4) is 0 Å². The Labute approximate surface area is 170 Å². The van der Waals surface area contributed by atoms with Crippen molar-refractivity contribution in [3.63, 3.8) is 0 Å². The first-order valence-corrected chi connectivity index (χ1v) is 12.5. The van der Waals surface area contributed by atoms with Gasteiger partial charge in [0, 0.05) is 18.8 Å². The highest BCUT2D eigenvalue weighted by Crippen LogP contribution is 2.47. The van der Waals surface area contributed by atoms with Crippen LogP contribution in [0.5, 0.6) is 0 Å². The predicted molar refractivity (Wildman–Crippen MR) is 115 cm³/mol. The highest BCUT2D eigenvalue weighted by atomic mass is 32.2. The van der Waals surface area contributed by atoms with Gasteiger partial charge in [0.25, 0.3) is 0 Å². The van der Waals surface area contributed by atoms with Crippen molar-refractivity contribution < 1.29 is 13.2 Å². The van der Waals surface area contributed by atoms with Crippen molar-refractivity contribution in [1.29, 1.82) is 0 Å². The van der Waals surface area contributed by atoms with Crippen LogP contribution in [0.3, 0.4) is 0 Å². The Kier molecular flexibility index (Phi) is 7.40. The third-order valence-corrected chi connectivity index (χ3v) is 7.82. The molecule has 1 N–H and O–H groups in total. The molecule has 0 radical (unpaired) electrons. The third kappa shape index (κ3) is 5.28. The lowest BCUT2D eigenvalue weighted by atomic mass is 9.63. The number of hydrogen-bond donors (Lipinski definition) is 1. The molecule has 1 aromatic carbocycles. The molecule has 1 saturated heterocycles. The number of ether oxygens (including phenoxy) is 1. The Morgan fingerprint density at radius 3 is 2.93 bits per heavy atom. The topological polar surface area (TPSA) is 58.6 Å². The van der Waals surface area contributed by atoms with Gasteiger partial charge in [-0.05, 0) is 68.3 Å². The van der Waals surface area contributed by atoms with E-state index in [1.54, 1.807) is 0 Å². The van der Waals surface area contributed by atoms with Crippen molar-refractivity contribution in [3.05, 3.63) is 29.8 Å². The number of methoxy groups -OCH3 is 1. The van der Waals surface area contributed by atoms with E-state index >= 15 is 0 Å². The van der Waals surface area contributed by atoms with Crippen LogP contribution in [0, 0.1) is 0 Å². The van der Waals surface area contributed by atoms with Crippen LogP contribution in [-0.4, -0.2) is 51.9 Å². The number of fused-ring (bicyclic) bond motifs is 2. The van der Waals surface area contributed by atoms with Crippen LogP contribution in [0.4, 0.5) is 5.69 Å². The summed E-state index contributed by atoms with van der Waals surface area (Å²) in [5, 5.41) is 0. The Bertz CT molecular complexity index is 737. The first-order chi connectivity index (χ1) is 13.5. The average molecular weight is 409 g/mol. The van der Waals surface area contributed by atoms with E-state index < -0.39 is 10.0 Å². The Morgan fingerprint density at radius 2 is 2.14 bits per heavy atom. The minimum Gasteiger partial charge on any atom is -0.384 e. The van der Waals surface area contributed by atoms with Crippen molar-refractivity contribution in [1.82, 2.24) is 4.90 Å². The molecule has 0 aromatic heterocycles. The largest absolute Gasteiger partial charge is 0.384 e. The third-order valence-electron chi connectivity index (χ3n) is 6.57. The van der Waals surface area contributed by atoms with Crippen LogP contribution < -0.4 is 4.72 Å². The molecule has 28 heavy (non-hydrogen) atoms. The van der Waals surface area contributed by atoms with Gasteiger partial charge in [0.2, 0.25) is 10.0 Å². The van der Waals surface area contributed by atoms with Gasteiger partial charge in [-0.1, -0.05) is 38.3 Å². The van der Waals surface area contributed by atoms with Crippen LogP contribution in [0.1, 0.15) is 63.9 Å². The van der Waals surface area contributed by atoms with E-state index in [2.05, 4.69) is 28.7 Å². The number of rotatable bonds is 10. The molecule has 1 heterocycles. The predicted octanol–water partition coefficient (Wildman–Crippen LogP) is 4.15. The second kappa shape index (κ2) is 9.59. The van der Waals surface area contributed by atoms with Gasteiger partial charge in [0.15, 0.2) is 0 Å². The maximum absolute atomic E-state index is 12.2. The first kappa shape index (κ1) is 21.6. The van der Waals surface area contributed by atoms with E-state index in [4.69, 9.17) is 4.74 Å². The number of piperidine rings is 1. The standard InChI is InChI=1S/C22H36N2O3S/c1-3-4-5-13-24-14-12-22(11-7-10-21(24)18-22)19-8-6-9-20(17-19)23-28(25,26)16-15-27-2/h6,8-9,17,21,23H,3-5,7,10-16,18H2,1-2H3. The van der Waals surface area contributed by atoms with Crippen LogP contribution in [0.25, 0.3) is 0 Å². The fraction of sp³-hybridized carbons (Fsp3) is 0.727. The molecule has 3 rings (SSSR count). The van der Waals surface area contributed by atoms with Crippen molar-refractivity contribution >= 4 is 15.7 Å². The zero-order chi connectivity index (χ0) is 20.0. The lowest BCUT2D eigenvalue weighted by Crippen LogP contribution is -2.51. The van der Waals surface area contributed by atoms with Crippen LogP contribution in [-0.2, 0) is 20.2 Å². The number of sulfonamides is 1. The molecule has 5 nitrogen and oxygen atoms in total. The molecular formula is C22H36N2O3S. The van der Waals surface area contributed by atoms with E-state index in [9.17, 15) is 8.42 Å². The summed E-state index contributed by atoms with van der Waals surface area (Å²) in [5.41, 5.74) is 2.19. The van der Waals surface area contributed by atoms with Crippen LogP contribution in [0.15, 0.2) is 24.3 Å². The molecule has 2 unspecified atom stereocenters. The van der Waals surface area contributed by atoms with Crippen LogP contribution in [0.2, 0.25) is 0 Å². The molecule has 6 heteroatoms. The Hall–Kier alpha value is -1.11. The molecule has 2 atom stereocenters. The lowest BCUT2D eigenvalue weighted by molar-refractivity contribution is 0.0504. The lowest BCUT2D eigenvalue weighted by Gasteiger charge is -2.51. The van der Waals surface area contributed by atoms with E-state index in [1.807, 2.05) is 12.1 Å². The fourth-order valence-electron chi connectivity index (χ4n) is 5.01. The summed E-state index contributed by atoms with van der Waals surface area (Å²) in [6.07, 6.45) is 10.1. The van der Waals surface area contributed by atoms with Crippen molar-refractivity contribution in [2.75, 3.05) is 37.3 Å². The number of anilines is 1. The number of unbranched alkanes of at least 4 members (excludes halogenated alkanes) is 2. The summed E-state index contributed by atoms with van der Waals surface area (Å²) in [6.45, 7) is 4.86. The highest BCUT2D eigenvalue weighted by molar-refractivity contribution is 7.92. The molecule has 158 valence electrons. The number of nitrogens with one attached hydrogen (secondary N) is 1. The summed E-state index contributed by atoms with van der Waals surface area (Å²) in [6, 6.07) is 8.79. The van der Waals surface area contributed by atoms with E-state index in [0.717, 1.165) is 6.54 Å². The maximum Gasteiger partial charge on any atom is 0.234 e. The van der Waals surface area contributed by atoms with E-state index in [-0.39, 0.29) is 17.8 Å². The second-order valence-electron chi connectivity index (χ2n) is 8.52. The van der Waals surface area contributed by atoms with Gasteiger partial charge < -0.3 is 9.64 Å². The Morgan fingerprint density at radius 1 is 1.29 bits per heavy atom. The van der Waals surface area contributed by atoms with Gasteiger partial charge in [-0.15, -0.1) is 0 Å². The SMILES string of the molecule is CCCCCN1CCC2(c3cccc(NS(=O)(=O)CCOC)c3)CCCC1C2. The monoisotopic (exact) mass is 408 g/mol. The van der Waals surface area contributed by atoms with E-state index in [1.165, 1.54) is 70.6 Å². The van der Waals surface area contributed by atoms with Gasteiger partial charge in [-0.3, -0.25) is 4.72 Å². The summed E-state index contributed by atoms with van der Waals surface area (Å²) >= 11 is 0. The summed E-state index contributed by atoms with van der Waals surface area (Å²) < 4.78 is 32.1. The molecule has 0 amide bonds. The highest BCUT2D eigenvalue weighted by Gasteiger charge is 2.43. The molecule has 1 aliphatic carbocycles. The fourth-order valence-corrected chi connectivity index (χ4v) is 5.99. The summed E-state index contributed by atoms with van der Waals surface area (Å²) in [5.74, 6) is -0.0202. The van der Waals surface area contributed by atoms with Gasteiger partial charge >= 0.3 is 0 Å². The van der Waals surface area contributed by atoms with Crippen molar-refractivity contribution in [2.24, 2.45) is 0 Å². The molecule has 1 saturated carbocycles. The molecule has 2 aliphatic rings. The molecule has 2 bridgehead atoms. The normalized spacial score (nSPS) is 25.6. The Balaban J connectivity index is 1.71. The molecule has 2 fully saturated rings. The maximum atomic E-state index is 12.2. The van der Waals surface area contributed by atoms with Gasteiger partial charge in [0.1, 0.15) is 0 Å². The first-order valence-electron chi connectivity index (χ1n) is 10.8. The minimum absolute atomic E-state index is 0.0202. The number of benzene rings is 1. The molecule has 1 aliphatic heterocycles. The number of nitrogens with zero attached hydrogens (tertiary/aromatic N) is 1. The van der Waals surface area contributed by atoms with Gasteiger partial charge in [-0.25, -0.2) is 8.42 Å². The van der Waals surface area contributed by atoms with Crippen molar-refractivity contribution in [2.45, 2.75) is 69.7 Å². The molecule has 0 spiro atoms. The van der Waals surface area contributed by atoms with Gasteiger partial charge in [-0.2, -0.15) is 0 Å². The summed E-state index contributed by atoms with van der Waals surface area (Å²) in [4.78, 5) is 2.71. The zero-order valence-electron chi connectivity index (χ0n) is 17.5.